The van der Waals surface area contributed by atoms with Crippen LogP contribution in [0, 0.1) is 12.8 Å². The summed E-state index contributed by atoms with van der Waals surface area (Å²) in [5, 5.41) is 8.79. The van der Waals surface area contributed by atoms with Gasteiger partial charge in [0.1, 0.15) is 0 Å². The summed E-state index contributed by atoms with van der Waals surface area (Å²) in [6.45, 7) is 7.05. The zero-order valence-corrected chi connectivity index (χ0v) is 13.8. The van der Waals surface area contributed by atoms with Crippen LogP contribution < -0.4 is 0 Å². The van der Waals surface area contributed by atoms with Gasteiger partial charge in [-0.05, 0) is 31.2 Å². The molecule has 0 aliphatic heterocycles. The molecule has 4 nitrogen and oxygen atoms in total. The Morgan fingerprint density at radius 2 is 1.77 bits per heavy atom. The van der Waals surface area contributed by atoms with Gasteiger partial charge in [-0.2, -0.15) is 0 Å². The molecule has 0 atom stereocenters. The van der Waals surface area contributed by atoms with E-state index in [2.05, 4.69) is 31.2 Å². The van der Waals surface area contributed by atoms with Crippen molar-refractivity contribution in [1.29, 1.82) is 0 Å². The zero-order valence-electron chi connectivity index (χ0n) is 13.8. The SMILES string of the molecule is Cc1ccc(CCCC(=O)N(CCC(=O)O)CC(C)C)cc1. The van der Waals surface area contributed by atoms with Crippen LogP contribution in [0.1, 0.15) is 44.2 Å². The molecule has 1 aromatic carbocycles. The number of carbonyl (C=O) groups is 2. The minimum Gasteiger partial charge on any atom is -0.481 e. The maximum atomic E-state index is 12.3. The molecule has 0 saturated carbocycles. The van der Waals surface area contributed by atoms with Gasteiger partial charge in [0.2, 0.25) is 5.91 Å². The van der Waals surface area contributed by atoms with Crippen LogP contribution in [-0.4, -0.2) is 35.0 Å². The van der Waals surface area contributed by atoms with Crippen molar-refractivity contribution in [1.82, 2.24) is 4.90 Å². The maximum absolute atomic E-state index is 12.3. The third kappa shape index (κ3) is 7.25. The number of benzene rings is 1. The molecule has 0 fully saturated rings. The summed E-state index contributed by atoms with van der Waals surface area (Å²) in [4.78, 5) is 24.7. The molecule has 0 saturated heterocycles. The van der Waals surface area contributed by atoms with E-state index in [9.17, 15) is 9.59 Å². The van der Waals surface area contributed by atoms with E-state index in [-0.39, 0.29) is 12.3 Å². The van der Waals surface area contributed by atoms with E-state index in [0.717, 1.165) is 12.8 Å². The molecular weight excluding hydrogens is 278 g/mol. The highest BCUT2D eigenvalue weighted by molar-refractivity contribution is 5.77. The molecular formula is C18H27NO3. The molecule has 0 heterocycles. The molecule has 1 rings (SSSR count). The number of aryl methyl sites for hydroxylation is 2. The average Bonchev–Trinajstić information content (AvgIpc) is 2.45. The minimum absolute atomic E-state index is 0.0103. The first kappa shape index (κ1) is 18.2. The van der Waals surface area contributed by atoms with E-state index in [1.165, 1.54) is 11.1 Å². The Hall–Kier alpha value is -1.84. The quantitative estimate of drug-likeness (QED) is 0.761. The van der Waals surface area contributed by atoms with Crippen LogP contribution in [0.3, 0.4) is 0 Å². The lowest BCUT2D eigenvalue weighted by Crippen LogP contribution is -2.35. The fourth-order valence-electron chi connectivity index (χ4n) is 2.35. The number of nitrogens with zero attached hydrogens (tertiary/aromatic N) is 1. The van der Waals surface area contributed by atoms with Crippen molar-refractivity contribution in [3.05, 3.63) is 35.4 Å². The molecule has 0 aromatic heterocycles. The summed E-state index contributed by atoms with van der Waals surface area (Å²) < 4.78 is 0. The third-order valence-corrected chi connectivity index (χ3v) is 3.51. The van der Waals surface area contributed by atoms with Crippen molar-refractivity contribution >= 4 is 11.9 Å². The smallest absolute Gasteiger partial charge is 0.305 e. The summed E-state index contributed by atoms with van der Waals surface area (Å²) in [6, 6.07) is 8.34. The molecule has 0 bridgehead atoms. The van der Waals surface area contributed by atoms with Crippen LogP contribution in [0.5, 0.6) is 0 Å². The normalized spacial score (nSPS) is 10.7. The summed E-state index contributed by atoms with van der Waals surface area (Å²) in [5.74, 6) is -0.460. The molecule has 0 unspecified atom stereocenters. The number of hydrogen-bond donors (Lipinski definition) is 1. The van der Waals surface area contributed by atoms with Gasteiger partial charge < -0.3 is 10.0 Å². The van der Waals surface area contributed by atoms with Crippen molar-refractivity contribution < 1.29 is 14.7 Å². The standard InChI is InChI=1S/C18H27NO3/c1-14(2)13-19(12-11-18(21)22)17(20)6-4-5-16-9-7-15(3)8-10-16/h7-10,14H,4-6,11-13H2,1-3H3,(H,21,22). The van der Waals surface area contributed by atoms with Crippen LogP contribution in [0.2, 0.25) is 0 Å². The molecule has 0 spiro atoms. The number of amides is 1. The fourth-order valence-corrected chi connectivity index (χ4v) is 2.35. The second-order valence-electron chi connectivity index (χ2n) is 6.22. The Kier molecular flexibility index (Phi) is 7.64. The monoisotopic (exact) mass is 305 g/mol. The van der Waals surface area contributed by atoms with Crippen LogP contribution in [-0.2, 0) is 16.0 Å². The summed E-state index contributed by atoms with van der Waals surface area (Å²) in [5.41, 5.74) is 2.47. The Morgan fingerprint density at radius 1 is 1.14 bits per heavy atom. The maximum Gasteiger partial charge on any atom is 0.305 e. The topological polar surface area (TPSA) is 57.6 Å². The van der Waals surface area contributed by atoms with Crippen molar-refractivity contribution in [2.24, 2.45) is 5.92 Å². The predicted octanol–water partition coefficient (Wildman–Crippen LogP) is 3.28. The molecule has 22 heavy (non-hydrogen) atoms. The lowest BCUT2D eigenvalue weighted by Gasteiger charge is -2.24. The van der Waals surface area contributed by atoms with Crippen molar-refractivity contribution in [3.63, 3.8) is 0 Å². The van der Waals surface area contributed by atoms with Gasteiger partial charge in [-0.15, -0.1) is 0 Å². The van der Waals surface area contributed by atoms with Gasteiger partial charge in [0.25, 0.3) is 0 Å². The fraction of sp³-hybridized carbons (Fsp3) is 0.556. The number of aliphatic carboxylic acids is 1. The predicted molar refractivity (Wildman–Crippen MR) is 87.8 cm³/mol. The van der Waals surface area contributed by atoms with Gasteiger partial charge in [0, 0.05) is 19.5 Å². The van der Waals surface area contributed by atoms with Crippen LogP contribution in [0.4, 0.5) is 0 Å². The second kappa shape index (κ2) is 9.23. The van der Waals surface area contributed by atoms with E-state index < -0.39 is 5.97 Å². The first-order valence-electron chi connectivity index (χ1n) is 7.93. The lowest BCUT2D eigenvalue weighted by atomic mass is 10.1. The summed E-state index contributed by atoms with van der Waals surface area (Å²) >= 11 is 0. The van der Waals surface area contributed by atoms with Crippen LogP contribution >= 0.6 is 0 Å². The van der Waals surface area contributed by atoms with E-state index in [0.29, 0.717) is 25.4 Å². The summed E-state index contributed by atoms with van der Waals surface area (Å²) in [7, 11) is 0. The number of hydrogen-bond acceptors (Lipinski definition) is 2. The molecule has 0 aliphatic carbocycles. The van der Waals surface area contributed by atoms with E-state index in [1.54, 1.807) is 4.90 Å². The van der Waals surface area contributed by atoms with Gasteiger partial charge in [0.15, 0.2) is 0 Å². The Bertz CT molecular complexity index is 480. The molecule has 0 aliphatic rings. The highest BCUT2D eigenvalue weighted by Crippen LogP contribution is 2.10. The number of carboxylic acid groups (broad SMARTS) is 1. The minimum atomic E-state index is -0.860. The van der Waals surface area contributed by atoms with Crippen molar-refractivity contribution in [2.75, 3.05) is 13.1 Å². The zero-order chi connectivity index (χ0) is 16.5. The lowest BCUT2D eigenvalue weighted by molar-refractivity contribution is -0.138. The van der Waals surface area contributed by atoms with Gasteiger partial charge in [-0.1, -0.05) is 43.7 Å². The van der Waals surface area contributed by atoms with Crippen LogP contribution in [0.25, 0.3) is 0 Å². The Balaban J connectivity index is 2.44. The van der Waals surface area contributed by atoms with E-state index in [4.69, 9.17) is 5.11 Å². The van der Waals surface area contributed by atoms with Gasteiger partial charge in [0.05, 0.1) is 6.42 Å². The summed E-state index contributed by atoms with van der Waals surface area (Å²) in [6.07, 6.45) is 2.15. The van der Waals surface area contributed by atoms with Crippen molar-refractivity contribution in [3.8, 4) is 0 Å². The highest BCUT2D eigenvalue weighted by Gasteiger charge is 2.15. The molecule has 1 N–H and O–H groups in total. The van der Waals surface area contributed by atoms with Gasteiger partial charge in [-0.25, -0.2) is 0 Å². The molecule has 1 aromatic rings. The van der Waals surface area contributed by atoms with Gasteiger partial charge in [-0.3, -0.25) is 9.59 Å². The molecule has 0 radical (unpaired) electrons. The Morgan fingerprint density at radius 3 is 2.32 bits per heavy atom. The average molecular weight is 305 g/mol. The first-order valence-corrected chi connectivity index (χ1v) is 7.93. The third-order valence-electron chi connectivity index (χ3n) is 3.51. The first-order chi connectivity index (χ1) is 10.4. The highest BCUT2D eigenvalue weighted by atomic mass is 16.4. The van der Waals surface area contributed by atoms with Gasteiger partial charge >= 0.3 is 5.97 Å². The number of rotatable bonds is 9. The van der Waals surface area contributed by atoms with Crippen LogP contribution in [0.15, 0.2) is 24.3 Å². The van der Waals surface area contributed by atoms with E-state index in [1.807, 2.05) is 13.8 Å². The van der Waals surface area contributed by atoms with E-state index >= 15 is 0 Å². The Labute approximate surface area is 133 Å². The molecule has 4 heteroatoms. The molecule has 122 valence electrons. The number of carboxylic acids is 1. The van der Waals surface area contributed by atoms with Crippen molar-refractivity contribution in [2.45, 2.75) is 46.5 Å². The number of carbonyl (C=O) groups excluding carboxylic acids is 1. The second-order valence-corrected chi connectivity index (χ2v) is 6.22. The molecule has 1 amide bonds. The largest absolute Gasteiger partial charge is 0.481 e.